The molecule has 0 amide bonds. The van der Waals surface area contributed by atoms with Crippen LogP contribution in [0, 0.1) is 5.41 Å². The van der Waals surface area contributed by atoms with Crippen LogP contribution < -0.4 is 0 Å². The summed E-state index contributed by atoms with van der Waals surface area (Å²) in [5.41, 5.74) is -4.19. The Kier molecular flexibility index (Phi) is 5.13. The molecule has 1 aliphatic heterocycles. The summed E-state index contributed by atoms with van der Waals surface area (Å²) >= 11 is 0. The second kappa shape index (κ2) is 5.92. The summed E-state index contributed by atoms with van der Waals surface area (Å²) in [6.07, 6.45) is -7.03. The molecule has 0 aromatic carbocycles. The van der Waals surface area contributed by atoms with Crippen LogP contribution >= 0.6 is 0 Å². The van der Waals surface area contributed by atoms with E-state index in [1.54, 1.807) is 0 Å². The van der Waals surface area contributed by atoms with Gasteiger partial charge in [-0.2, -0.15) is 22.0 Å². The minimum Gasteiger partial charge on any atom is -0.459 e. The molecule has 1 heterocycles. The van der Waals surface area contributed by atoms with E-state index in [9.17, 15) is 31.9 Å². The molecule has 0 bridgehead atoms. The number of hydrogen-bond donors (Lipinski definition) is 1. The maximum Gasteiger partial charge on any atom is 0.449 e. The lowest BCUT2D eigenvalue weighted by Crippen LogP contribution is -2.76. The maximum atomic E-state index is 14.5. The van der Waals surface area contributed by atoms with Gasteiger partial charge in [0.15, 0.2) is 11.9 Å². The maximum absolute atomic E-state index is 14.5. The minimum atomic E-state index is -5.83. The SMILES string of the molecule is C=CC(=O)OCC1(C)OC(C(C)(C)C)OC(O)(C(F)(F)F)C1(F)F. The van der Waals surface area contributed by atoms with Crippen molar-refractivity contribution >= 4 is 5.97 Å². The molecular formula is C14H19F5O5. The molecule has 0 aromatic rings. The van der Waals surface area contributed by atoms with Gasteiger partial charge in [-0.25, -0.2) is 4.79 Å². The Labute approximate surface area is 135 Å². The smallest absolute Gasteiger partial charge is 0.449 e. The molecule has 140 valence electrons. The van der Waals surface area contributed by atoms with Gasteiger partial charge in [0.2, 0.25) is 0 Å². The lowest BCUT2D eigenvalue weighted by Gasteiger charge is -2.53. The van der Waals surface area contributed by atoms with Gasteiger partial charge >= 0.3 is 23.9 Å². The summed E-state index contributed by atoms with van der Waals surface area (Å²) in [6.45, 7) is 6.50. The van der Waals surface area contributed by atoms with Crippen LogP contribution in [0.25, 0.3) is 0 Å². The molecule has 0 aromatic heterocycles. The molecule has 1 aliphatic rings. The first-order valence-electron chi connectivity index (χ1n) is 6.83. The van der Waals surface area contributed by atoms with Gasteiger partial charge < -0.3 is 19.3 Å². The normalized spacial score (nSPS) is 33.8. The Morgan fingerprint density at radius 3 is 2.17 bits per heavy atom. The van der Waals surface area contributed by atoms with Crippen LogP contribution in [0.2, 0.25) is 0 Å². The molecule has 3 atom stereocenters. The number of ether oxygens (including phenoxy) is 3. The van der Waals surface area contributed by atoms with Gasteiger partial charge in [-0.1, -0.05) is 27.4 Å². The molecule has 0 aliphatic carbocycles. The van der Waals surface area contributed by atoms with Crippen molar-refractivity contribution in [3.63, 3.8) is 0 Å². The van der Waals surface area contributed by atoms with Crippen molar-refractivity contribution in [2.75, 3.05) is 6.61 Å². The van der Waals surface area contributed by atoms with E-state index in [-0.39, 0.29) is 0 Å². The van der Waals surface area contributed by atoms with Crippen molar-refractivity contribution in [2.45, 2.75) is 57.5 Å². The Bertz CT molecular complexity index is 513. The Morgan fingerprint density at radius 2 is 1.79 bits per heavy atom. The zero-order valence-corrected chi connectivity index (χ0v) is 13.5. The number of hydrogen-bond acceptors (Lipinski definition) is 5. The van der Waals surface area contributed by atoms with Gasteiger partial charge in [0, 0.05) is 11.5 Å². The summed E-state index contributed by atoms with van der Waals surface area (Å²) in [7, 11) is 0. The van der Waals surface area contributed by atoms with E-state index in [1.807, 2.05) is 0 Å². The quantitative estimate of drug-likeness (QED) is 0.475. The summed E-state index contributed by atoms with van der Waals surface area (Å²) < 4.78 is 82.1. The first-order valence-corrected chi connectivity index (χ1v) is 6.83. The summed E-state index contributed by atoms with van der Waals surface area (Å²) in [5, 5.41) is 9.69. The van der Waals surface area contributed by atoms with Gasteiger partial charge in [-0.15, -0.1) is 0 Å². The van der Waals surface area contributed by atoms with Crippen LogP contribution in [0.15, 0.2) is 12.7 Å². The van der Waals surface area contributed by atoms with E-state index in [1.165, 1.54) is 20.8 Å². The van der Waals surface area contributed by atoms with E-state index in [0.717, 1.165) is 0 Å². The third kappa shape index (κ3) is 3.27. The standard InChI is InChI=1S/C14H19F5O5/c1-6-8(20)22-7-11(5)12(15,16)13(21,14(17,18)19)24-9(23-11)10(2,3)4/h6,9,21H,1,7H2,2-5H3. The second-order valence-electron chi connectivity index (χ2n) is 6.69. The molecule has 1 saturated heterocycles. The summed E-state index contributed by atoms with van der Waals surface area (Å²) in [5.74, 6) is -10.9. The average Bonchev–Trinajstić information content (AvgIpc) is 2.40. The number of halogens is 5. The number of esters is 1. The molecule has 1 fully saturated rings. The van der Waals surface area contributed by atoms with E-state index >= 15 is 0 Å². The van der Waals surface area contributed by atoms with Crippen molar-refractivity contribution < 1.29 is 46.1 Å². The highest BCUT2D eigenvalue weighted by Crippen LogP contribution is 2.55. The minimum absolute atomic E-state index is 0.599. The molecule has 0 saturated carbocycles. The van der Waals surface area contributed by atoms with Crippen LogP contribution in [0.4, 0.5) is 22.0 Å². The third-order valence-corrected chi connectivity index (χ3v) is 3.48. The van der Waals surface area contributed by atoms with Gasteiger partial charge in [0.05, 0.1) is 0 Å². The molecule has 3 unspecified atom stereocenters. The van der Waals surface area contributed by atoms with Crippen molar-refractivity contribution in [2.24, 2.45) is 5.41 Å². The molecule has 0 radical (unpaired) electrons. The number of carbonyl (C=O) groups is 1. The first kappa shape index (κ1) is 20.8. The van der Waals surface area contributed by atoms with Crippen molar-refractivity contribution in [1.29, 1.82) is 0 Å². The zero-order chi connectivity index (χ0) is 19.2. The molecule has 24 heavy (non-hydrogen) atoms. The zero-order valence-electron chi connectivity index (χ0n) is 13.5. The highest BCUT2D eigenvalue weighted by molar-refractivity contribution is 5.81. The third-order valence-electron chi connectivity index (χ3n) is 3.48. The molecule has 5 nitrogen and oxygen atoms in total. The fraction of sp³-hybridized carbons (Fsp3) is 0.786. The van der Waals surface area contributed by atoms with E-state index in [0.29, 0.717) is 13.0 Å². The van der Waals surface area contributed by atoms with Crippen molar-refractivity contribution in [3.8, 4) is 0 Å². The fourth-order valence-corrected chi connectivity index (χ4v) is 1.91. The van der Waals surface area contributed by atoms with Crippen LogP contribution in [0.1, 0.15) is 27.7 Å². The first-order chi connectivity index (χ1) is 10.5. The van der Waals surface area contributed by atoms with E-state index in [4.69, 9.17) is 4.74 Å². The summed E-state index contributed by atoms with van der Waals surface area (Å²) in [4.78, 5) is 11.1. The highest BCUT2D eigenvalue weighted by atomic mass is 19.4. The van der Waals surface area contributed by atoms with Gasteiger partial charge in [-0.05, 0) is 6.92 Å². The van der Waals surface area contributed by atoms with Crippen molar-refractivity contribution in [1.82, 2.24) is 0 Å². The van der Waals surface area contributed by atoms with E-state index < -0.39 is 47.8 Å². The molecule has 0 spiro atoms. The highest BCUT2D eigenvalue weighted by Gasteiger charge is 2.81. The molecule has 1 rings (SSSR count). The number of alkyl halides is 5. The Hall–Kier alpha value is -1.26. The van der Waals surface area contributed by atoms with Crippen LogP contribution in [0.3, 0.4) is 0 Å². The Balaban J connectivity index is 3.39. The number of aliphatic hydroxyl groups is 1. The van der Waals surface area contributed by atoms with Crippen molar-refractivity contribution in [3.05, 3.63) is 12.7 Å². The topological polar surface area (TPSA) is 65.0 Å². The van der Waals surface area contributed by atoms with Gasteiger partial charge in [0.1, 0.15) is 6.61 Å². The number of rotatable bonds is 3. The monoisotopic (exact) mass is 362 g/mol. The second-order valence-corrected chi connectivity index (χ2v) is 6.69. The largest absolute Gasteiger partial charge is 0.459 e. The predicted octanol–water partition coefficient (Wildman–Crippen LogP) is 2.78. The van der Waals surface area contributed by atoms with Crippen LogP contribution in [-0.4, -0.2) is 47.5 Å². The lowest BCUT2D eigenvalue weighted by molar-refractivity contribution is -0.530. The van der Waals surface area contributed by atoms with Crippen LogP contribution in [-0.2, 0) is 19.0 Å². The average molecular weight is 362 g/mol. The van der Waals surface area contributed by atoms with Gasteiger partial charge in [-0.3, -0.25) is 0 Å². The molecule has 1 N–H and O–H groups in total. The molecular weight excluding hydrogens is 343 g/mol. The fourth-order valence-electron chi connectivity index (χ4n) is 1.91. The number of carbonyl (C=O) groups excluding carboxylic acids is 1. The molecule has 10 heteroatoms. The Morgan fingerprint density at radius 1 is 1.29 bits per heavy atom. The lowest BCUT2D eigenvalue weighted by atomic mass is 9.86. The summed E-state index contributed by atoms with van der Waals surface area (Å²) in [6, 6.07) is 0. The predicted molar refractivity (Wildman–Crippen MR) is 70.9 cm³/mol. The van der Waals surface area contributed by atoms with Crippen LogP contribution in [0.5, 0.6) is 0 Å². The van der Waals surface area contributed by atoms with E-state index in [2.05, 4.69) is 16.1 Å². The van der Waals surface area contributed by atoms with Gasteiger partial charge in [0.25, 0.3) is 0 Å².